The van der Waals surface area contributed by atoms with E-state index in [-0.39, 0.29) is 29.5 Å². The zero-order valence-corrected chi connectivity index (χ0v) is 12.4. The molecule has 1 heterocycles. The predicted octanol–water partition coefficient (Wildman–Crippen LogP) is 0.353. The third-order valence-corrected chi connectivity index (χ3v) is 3.66. The van der Waals surface area contributed by atoms with Crippen LogP contribution >= 0.6 is 0 Å². The minimum atomic E-state index is -0.543. The summed E-state index contributed by atoms with van der Waals surface area (Å²) in [6.07, 6.45) is 0. The smallest absolute Gasteiger partial charge is 0.273 e. The number of nitro benzene ring substituents is 1. The molecule has 1 aliphatic rings. The van der Waals surface area contributed by atoms with Crippen molar-refractivity contribution in [2.45, 2.75) is 0 Å². The normalized spacial score (nSPS) is 15.6. The molecule has 1 saturated heterocycles. The number of ether oxygens (including phenoxy) is 1. The van der Waals surface area contributed by atoms with E-state index in [0.29, 0.717) is 32.7 Å². The maximum atomic E-state index is 12.5. The number of aliphatic hydroxyl groups is 1. The lowest BCUT2D eigenvalue weighted by Crippen LogP contribution is -2.49. The van der Waals surface area contributed by atoms with Gasteiger partial charge in [0.05, 0.1) is 30.3 Å². The van der Waals surface area contributed by atoms with Gasteiger partial charge in [-0.15, -0.1) is 0 Å². The zero-order valence-electron chi connectivity index (χ0n) is 12.4. The Hall–Kier alpha value is -2.19. The summed E-state index contributed by atoms with van der Waals surface area (Å²) >= 11 is 0. The summed E-state index contributed by atoms with van der Waals surface area (Å²) in [4.78, 5) is 26.6. The first kappa shape index (κ1) is 16.2. The van der Waals surface area contributed by atoms with E-state index in [2.05, 4.69) is 4.90 Å². The molecule has 0 spiro atoms. The number of aliphatic hydroxyl groups excluding tert-OH is 1. The third kappa shape index (κ3) is 3.71. The maximum absolute atomic E-state index is 12.5. The monoisotopic (exact) mass is 309 g/mol. The predicted molar refractivity (Wildman–Crippen MR) is 79.1 cm³/mol. The van der Waals surface area contributed by atoms with Gasteiger partial charge in [0, 0.05) is 38.8 Å². The molecule has 0 atom stereocenters. The largest absolute Gasteiger partial charge is 0.496 e. The zero-order chi connectivity index (χ0) is 16.1. The van der Waals surface area contributed by atoms with Crippen LogP contribution in [0.2, 0.25) is 0 Å². The summed E-state index contributed by atoms with van der Waals surface area (Å²) in [7, 11) is 1.40. The fourth-order valence-corrected chi connectivity index (χ4v) is 2.43. The van der Waals surface area contributed by atoms with E-state index in [1.165, 1.54) is 25.3 Å². The molecule has 1 aliphatic heterocycles. The molecule has 1 N–H and O–H groups in total. The number of piperazine rings is 1. The molecule has 1 fully saturated rings. The highest BCUT2D eigenvalue weighted by atomic mass is 16.6. The number of nitrogens with zero attached hydrogens (tertiary/aromatic N) is 3. The van der Waals surface area contributed by atoms with Gasteiger partial charge in [0.15, 0.2) is 0 Å². The number of β-amino-alcohol motifs (C(OH)–C–C–N with tert-alkyl or cyclic N) is 1. The number of amides is 1. The SMILES string of the molecule is COc1cc(C(=O)N2CCN(CCO)CC2)cc([N+](=O)[O-])c1. The summed E-state index contributed by atoms with van der Waals surface area (Å²) in [6, 6.07) is 4.07. The quantitative estimate of drug-likeness (QED) is 0.623. The van der Waals surface area contributed by atoms with Crippen molar-refractivity contribution in [1.29, 1.82) is 0 Å². The number of non-ortho nitro benzene ring substituents is 1. The molecule has 0 aromatic heterocycles. The standard InChI is InChI=1S/C14H19N3O5/c1-22-13-9-11(8-12(10-13)17(20)21)14(19)16-4-2-15(3-5-16)6-7-18/h8-10,18H,2-7H2,1H3. The van der Waals surface area contributed by atoms with E-state index < -0.39 is 4.92 Å². The van der Waals surface area contributed by atoms with Gasteiger partial charge in [0.2, 0.25) is 0 Å². The second-order valence-electron chi connectivity index (χ2n) is 5.03. The van der Waals surface area contributed by atoms with E-state index in [9.17, 15) is 14.9 Å². The van der Waals surface area contributed by atoms with Crippen LogP contribution < -0.4 is 4.74 Å². The second-order valence-corrected chi connectivity index (χ2v) is 5.03. The summed E-state index contributed by atoms with van der Waals surface area (Å²) in [5.41, 5.74) is 0.0864. The van der Waals surface area contributed by atoms with Crippen molar-refractivity contribution in [2.75, 3.05) is 46.4 Å². The molecule has 1 aromatic rings. The van der Waals surface area contributed by atoms with E-state index in [4.69, 9.17) is 9.84 Å². The molecule has 1 aromatic carbocycles. The van der Waals surface area contributed by atoms with Crippen LogP contribution in [0.4, 0.5) is 5.69 Å². The number of hydrogen-bond acceptors (Lipinski definition) is 6. The molecule has 2 rings (SSSR count). The van der Waals surface area contributed by atoms with Crippen LogP contribution in [0.1, 0.15) is 10.4 Å². The molecule has 120 valence electrons. The lowest BCUT2D eigenvalue weighted by atomic mass is 10.1. The summed E-state index contributed by atoms with van der Waals surface area (Å²) in [5.74, 6) is 0.0436. The van der Waals surface area contributed by atoms with Crippen LogP contribution in [0.25, 0.3) is 0 Å². The van der Waals surface area contributed by atoms with Crippen LogP contribution in [0.5, 0.6) is 5.75 Å². The van der Waals surface area contributed by atoms with Crippen LogP contribution in [-0.2, 0) is 0 Å². The Morgan fingerprint density at radius 2 is 2.00 bits per heavy atom. The van der Waals surface area contributed by atoms with Crippen molar-refractivity contribution >= 4 is 11.6 Å². The second kappa shape index (κ2) is 7.19. The lowest BCUT2D eigenvalue weighted by Gasteiger charge is -2.34. The minimum absolute atomic E-state index is 0.0933. The van der Waals surface area contributed by atoms with Gasteiger partial charge < -0.3 is 14.7 Å². The molecule has 0 unspecified atom stereocenters. The van der Waals surface area contributed by atoms with Crippen LogP contribution in [0.15, 0.2) is 18.2 Å². The average Bonchev–Trinajstić information content (AvgIpc) is 2.54. The minimum Gasteiger partial charge on any atom is -0.496 e. The fourth-order valence-electron chi connectivity index (χ4n) is 2.43. The molecule has 8 nitrogen and oxygen atoms in total. The van der Waals surface area contributed by atoms with Crippen molar-refractivity contribution in [1.82, 2.24) is 9.80 Å². The Balaban J connectivity index is 2.12. The molecule has 1 amide bonds. The van der Waals surface area contributed by atoms with Crippen LogP contribution in [-0.4, -0.2) is 72.2 Å². The van der Waals surface area contributed by atoms with Gasteiger partial charge in [-0.05, 0) is 6.07 Å². The molecule has 0 bridgehead atoms. The summed E-state index contributed by atoms with van der Waals surface area (Å²) < 4.78 is 5.02. The highest BCUT2D eigenvalue weighted by Crippen LogP contribution is 2.23. The highest BCUT2D eigenvalue weighted by Gasteiger charge is 2.24. The average molecular weight is 309 g/mol. The van der Waals surface area contributed by atoms with Gasteiger partial charge in [-0.25, -0.2) is 0 Å². The number of carbonyl (C=O) groups is 1. The van der Waals surface area contributed by atoms with Gasteiger partial charge in [-0.1, -0.05) is 0 Å². The van der Waals surface area contributed by atoms with Gasteiger partial charge in [-0.2, -0.15) is 0 Å². The topological polar surface area (TPSA) is 96.2 Å². The van der Waals surface area contributed by atoms with Gasteiger partial charge in [0.25, 0.3) is 11.6 Å². The third-order valence-electron chi connectivity index (χ3n) is 3.66. The van der Waals surface area contributed by atoms with E-state index >= 15 is 0 Å². The Morgan fingerprint density at radius 3 is 2.55 bits per heavy atom. The Morgan fingerprint density at radius 1 is 1.32 bits per heavy atom. The first-order valence-corrected chi connectivity index (χ1v) is 7.01. The molecule has 0 radical (unpaired) electrons. The van der Waals surface area contributed by atoms with Gasteiger partial charge in [-0.3, -0.25) is 19.8 Å². The number of hydrogen-bond donors (Lipinski definition) is 1. The Labute approximate surface area is 128 Å². The fraction of sp³-hybridized carbons (Fsp3) is 0.500. The number of methoxy groups -OCH3 is 1. The maximum Gasteiger partial charge on any atom is 0.273 e. The first-order chi connectivity index (χ1) is 10.5. The molecular weight excluding hydrogens is 290 g/mol. The van der Waals surface area contributed by atoms with E-state index in [0.717, 1.165) is 0 Å². The van der Waals surface area contributed by atoms with Gasteiger partial charge in [0.1, 0.15) is 5.75 Å². The van der Waals surface area contributed by atoms with E-state index in [1.54, 1.807) is 4.90 Å². The highest BCUT2D eigenvalue weighted by molar-refractivity contribution is 5.95. The van der Waals surface area contributed by atoms with Crippen LogP contribution in [0, 0.1) is 10.1 Å². The number of benzene rings is 1. The first-order valence-electron chi connectivity index (χ1n) is 7.01. The van der Waals surface area contributed by atoms with Gasteiger partial charge >= 0.3 is 0 Å². The molecular formula is C14H19N3O5. The number of carbonyl (C=O) groups excluding carboxylic acids is 1. The Bertz CT molecular complexity index is 555. The van der Waals surface area contributed by atoms with E-state index in [1.807, 2.05) is 0 Å². The number of rotatable bonds is 5. The van der Waals surface area contributed by atoms with Crippen molar-refractivity contribution < 1.29 is 19.6 Å². The summed E-state index contributed by atoms with van der Waals surface area (Å²) in [6.45, 7) is 3.10. The Kier molecular flexibility index (Phi) is 5.29. The van der Waals surface area contributed by atoms with Crippen molar-refractivity contribution in [2.24, 2.45) is 0 Å². The molecule has 0 saturated carbocycles. The number of nitro groups is 1. The summed E-state index contributed by atoms with van der Waals surface area (Å²) in [5, 5.41) is 19.8. The molecule has 22 heavy (non-hydrogen) atoms. The lowest BCUT2D eigenvalue weighted by molar-refractivity contribution is -0.385. The van der Waals surface area contributed by atoms with Crippen LogP contribution in [0.3, 0.4) is 0 Å². The molecule has 0 aliphatic carbocycles. The van der Waals surface area contributed by atoms with Crippen molar-refractivity contribution in [3.8, 4) is 5.75 Å². The van der Waals surface area contributed by atoms with Crippen molar-refractivity contribution in [3.63, 3.8) is 0 Å². The van der Waals surface area contributed by atoms with Crippen molar-refractivity contribution in [3.05, 3.63) is 33.9 Å². The molecule has 8 heteroatoms.